The lowest BCUT2D eigenvalue weighted by Gasteiger charge is -2.18. The van der Waals surface area contributed by atoms with Crippen molar-refractivity contribution < 1.29 is 19.1 Å². The average molecular weight is 334 g/mol. The lowest BCUT2D eigenvalue weighted by Crippen LogP contribution is -2.42. The molecule has 0 aromatic heterocycles. The summed E-state index contributed by atoms with van der Waals surface area (Å²) in [6.07, 6.45) is 1.65. The molecule has 0 bridgehead atoms. The number of carbonyl (C=O) groups excluding carboxylic acids is 3. The number of esters is 1. The molecule has 1 fully saturated rings. The van der Waals surface area contributed by atoms with Crippen molar-refractivity contribution in [3.63, 3.8) is 0 Å². The third-order valence-electron chi connectivity index (χ3n) is 3.46. The van der Waals surface area contributed by atoms with Crippen LogP contribution in [0.1, 0.15) is 12.5 Å². The van der Waals surface area contributed by atoms with Crippen LogP contribution >= 0.6 is 11.8 Å². The number of anilines is 1. The monoisotopic (exact) mass is 334 g/mol. The Morgan fingerprint density at radius 2 is 1.87 bits per heavy atom. The molecule has 2 amide bonds. The van der Waals surface area contributed by atoms with Gasteiger partial charge in [-0.2, -0.15) is 0 Å². The third-order valence-corrected chi connectivity index (χ3v) is 4.34. The van der Waals surface area contributed by atoms with Crippen LogP contribution in [-0.2, 0) is 14.3 Å². The molecule has 1 aliphatic rings. The van der Waals surface area contributed by atoms with Crippen molar-refractivity contribution >= 4 is 40.6 Å². The number of rotatable bonds is 4. The number of thioether (sulfide) groups is 1. The molecule has 1 unspecified atom stereocenters. The second kappa shape index (κ2) is 6.87. The van der Waals surface area contributed by atoms with Gasteiger partial charge < -0.3 is 9.64 Å². The lowest BCUT2D eigenvalue weighted by atomic mass is 10.2. The quantitative estimate of drug-likeness (QED) is 0.622. The molecule has 1 aromatic rings. The fourth-order valence-electron chi connectivity index (χ4n) is 2.11. The van der Waals surface area contributed by atoms with Crippen molar-refractivity contribution in [3.8, 4) is 0 Å². The normalized spacial score (nSPS) is 17.6. The van der Waals surface area contributed by atoms with Gasteiger partial charge in [-0.05, 0) is 42.5 Å². The average Bonchev–Trinajstić information content (AvgIpc) is 2.80. The van der Waals surface area contributed by atoms with E-state index in [0.29, 0.717) is 4.91 Å². The molecule has 1 atom stereocenters. The van der Waals surface area contributed by atoms with Gasteiger partial charge in [-0.25, -0.2) is 4.79 Å². The molecule has 7 heteroatoms. The van der Waals surface area contributed by atoms with Gasteiger partial charge >= 0.3 is 5.97 Å². The predicted octanol–water partition coefficient (Wildman–Crippen LogP) is 2.35. The van der Waals surface area contributed by atoms with Gasteiger partial charge in [0.15, 0.2) is 0 Å². The van der Waals surface area contributed by atoms with Crippen molar-refractivity contribution in [2.45, 2.75) is 13.0 Å². The Morgan fingerprint density at radius 1 is 1.26 bits per heavy atom. The second-order valence-electron chi connectivity index (χ2n) is 5.24. The maximum atomic E-state index is 12.4. The fourth-order valence-corrected chi connectivity index (χ4v) is 3.02. The molecule has 1 heterocycles. The molecule has 1 aliphatic heterocycles. The van der Waals surface area contributed by atoms with E-state index in [4.69, 9.17) is 0 Å². The highest BCUT2D eigenvalue weighted by atomic mass is 32.2. The van der Waals surface area contributed by atoms with E-state index in [9.17, 15) is 14.4 Å². The van der Waals surface area contributed by atoms with Crippen molar-refractivity contribution in [2.24, 2.45) is 0 Å². The summed E-state index contributed by atoms with van der Waals surface area (Å²) in [6, 6.07) is 6.65. The van der Waals surface area contributed by atoms with Crippen molar-refractivity contribution in [2.75, 3.05) is 26.1 Å². The van der Waals surface area contributed by atoms with Crippen LogP contribution in [0, 0.1) is 0 Å². The zero-order chi connectivity index (χ0) is 17.1. The molecular formula is C16H18N2O4S. The summed E-state index contributed by atoms with van der Waals surface area (Å²) in [5.74, 6) is -1.10. The minimum absolute atomic E-state index is 0.295. The van der Waals surface area contributed by atoms with E-state index in [0.717, 1.165) is 27.9 Å². The highest BCUT2D eigenvalue weighted by Crippen LogP contribution is 2.33. The molecule has 6 nitrogen and oxygen atoms in total. The van der Waals surface area contributed by atoms with Crippen LogP contribution in [0.3, 0.4) is 0 Å². The summed E-state index contributed by atoms with van der Waals surface area (Å²) < 4.78 is 4.59. The van der Waals surface area contributed by atoms with E-state index in [2.05, 4.69) is 4.74 Å². The van der Waals surface area contributed by atoms with Crippen molar-refractivity contribution in [1.29, 1.82) is 0 Å². The maximum absolute atomic E-state index is 12.4. The molecule has 0 radical (unpaired) electrons. The van der Waals surface area contributed by atoms with Crippen molar-refractivity contribution in [3.05, 3.63) is 34.7 Å². The summed E-state index contributed by atoms with van der Waals surface area (Å²) in [5, 5.41) is -0.468. The van der Waals surface area contributed by atoms with Gasteiger partial charge in [-0.15, -0.1) is 0 Å². The maximum Gasteiger partial charge on any atom is 0.328 e. The van der Waals surface area contributed by atoms with E-state index in [1.54, 1.807) is 6.08 Å². The second-order valence-corrected chi connectivity index (χ2v) is 6.23. The molecule has 23 heavy (non-hydrogen) atoms. The molecule has 0 saturated carbocycles. The first-order valence-electron chi connectivity index (χ1n) is 6.97. The Morgan fingerprint density at radius 3 is 2.39 bits per heavy atom. The zero-order valence-corrected chi connectivity index (χ0v) is 14.2. The van der Waals surface area contributed by atoms with Crippen LogP contribution in [0.4, 0.5) is 10.5 Å². The number of benzene rings is 1. The minimum atomic E-state index is -0.936. The highest BCUT2D eigenvalue weighted by molar-refractivity contribution is 8.18. The van der Waals surface area contributed by atoms with E-state index in [-0.39, 0.29) is 0 Å². The molecule has 2 rings (SSSR count). The van der Waals surface area contributed by atoms with Gasteiger partial charge in [0.2, 0.25) is 0 Å². The van der Waals surface area contributed by atoms with Gasteiger partial charge in [-0.3, -0.25) is 14.5 Å². The van der Waals surface area contributed by atoms with Gasteiger partial charge in [0.05, 0.1) is 12.0 Å². The number of hydrogen-bond donors (Lipinski definition) is 0. The van der Waals surface area contributed by atoms with Crippen LogP contribution < -0.4 is 4.90 Å². The van der Waals surface area contributed by atoms with Crippen LogP contribution in [-0.4, -0.2) is 49.3 Å². The first kappa shape index (κ1) is 17.1. The minimum Gasteiger partial charge on any atom is -0.467 e. The first-order chi connectivity index (χ1) is 10.8. The first-order valence-corrected chi connectivity index (χ1v) is 7.79. The molecule has 122 valence electrons. The third kappa shape index (κ3) is 3.56. The topological polar surface area (TPSA) is 66.9 Å². The highest BCUT2D eigenvalue weighted by Gasteiger charge is 2.41. The molecule has 0 spiro atoms. The zero-order valence-electron chi connectivity index (χ0n) is 13.4. The Bertz CT molecular complexity index is 667. The van der Waals surface area contributed by atoms with E-state index < -0.39 is 23.2 Å². The van der Waals surface area contributed by atoms with Gasteiger partial charge in [-0.1, -0.05) is 12.1 Å². The fraction of sp³-hybridized carbons (Fsp3) is 0.312. The molecule has 0 N–H and O–H groups in total. The van der Waals surface area contributed by atoms with Gasteiger partial charge in [0.1, 0.15) is 6.04 Å². The smallest absolute Gasteiger partial charge is 0.328 e. The van der Waals surface area contributed by atoms with Crippen molar-refractivity contribution in [1.82, 2.24) is 4.90 Å². The summed E-state index contributed by atoms with van der Waals surface area (Å²) in [7, 11) is 5.10. The summed E-state index contributed by atoms with van der Waals surface area (Å²) in [6.45, 7) is 1.47. The Kier molecular flexibility index (Phi) is 5.10. The van der Waals surface area contributed by atoms with E-state index in [1.165, 1.54) is 14.0 Å². The number of hydrogen-bond acceptors (Lipinski definition) is 6. The number of carbonyl (C=O) groups is 3. The van der Waals surface area contributed by atoms with Crippen LogP contribution in [0.5, 0.6) is 0 Å². The summed E-state index contributed by atoms with van der Waals surface area (Å²) in [4.78, 5) is 39.1. The molecule has 1 aromatic carbocycles. The number of amides is 2. The Hall–Kier alpha value is -2.28. The number of ether oxygens (including phenoxy) is 1. The van der Waals surface area contributed by atoms with Gasteiger partial charge in [0, 0.05) is 19.8 Å². The van der Waals surface area contributed by atoms with Crippen LogP contribution in [0.2, 0.25) is 0 Å². The summed E-state index contributed by atoms with van der Waals surface area (Å²) in [5.41, 5.74) is 1.85. The van der Waals surface area contributed by atoms with Gasteiger partial charge in [0.25, 0.3) is 11.1 Å². The van der Waals surface area contributed by atoms with Crippen LogP contribution in [0.25, 0.3) is 6.08 Å². The standard InChI is InChI=1S/C16H18N2O4S/c1-10(15(20)22-4)18-14(19)13(23-16(18)21)9-11-5-7-12(8-6-11)17(2)3/h5-10H,1-4H3. The van der Waals surface area contributed by atoms with E-state index >= 15 is 0 Å². The number of methoxy groups -OCH3 is 1. The largest absolute Gasteiger partial charge is 0.467 e. The predicted molar refractivity (Wildman–Crippen MR) is 90.1 cm³/mol. The SMILES string of the molecule is COC(=O)C(C)N1C(=O)SC(=Cc2ccc(N(C)C)cc2)C1=O. The molecule has 0 aliphatic carbocycles. The summed E-state index contributed by atoms with van der Waals surface area (Å²) >= 11 is 0.824. The molecule has 1 saturated heterocycles. The number of imide groups is 1. The van der Waals surface area contributed by atoms with Crippen LogP contribution in [0.15, 0.2) is 29.2 Å². The lowest BCUT2D eigenvalue weighted by molar-refractivity contribution is -0.148. The molecular weight excluding hydrogens is 316 g/mol. The number of nitrogens with zero attached hydrogens (tertiary/aromatic N) is 2. The Labute approximate surface area is 139 Å². The van der Waals surface area contributed by atoms with E-state index in [1.807, 2.05) is 43.3 Å². The Balaban J connectivity index is 2.23.